The molecule has 2 aliphatic rings. The van der Waals surface area contributed by atoms with Crippen molar-refractivity contribution in [2.75, 3.05) is 19.7 Å². The first kappa shape index (κ1) is 20.3. The van der Waals surface area contributed by atoms with Crippen molar-refractivity contribution < 1.29 is 4.74 Å². The Bertz CT molecular complexity index is 1090. The van der Waals surface area contributed by atoms with Crippen molar-refractivity contribution in [3.05, 3.63) is 51.6 Å². The maximum absolute atomic E-state index is 13.3. The maximum Gasteiger partial charge on any atom is 0.253 e. The van der Waals surface area contributed by atoms with Crippen LogP contribution >= 0.6 is 0 Å². The molecule has 8 heteroatoms. The number of benzene rings is 1. The topological polar surface area (TPSA) is 88.9 Å². The predicted octanol–water partition coefficient (Wildman–Crippen LogP) is 2.97. The Morgan fingerprint density at radius 2 is 2.00 bits per heavy atom. The molecule has 0 amide bonds. The average molecular weight is 423 g/mol. The predicted molar refractivity (Wildman–Crippen MR) is 118 cm³/mol. The van der Waals surface area contributed by atoms with Crippen LogP contribution in [0.3, 0.4) is 0 Å². The van der Waals surface area contributed by atoms with E-state index in [0.717, 1.165) is 62.1 Å². The molecular weight excluding hydrogens is 392 g/mol. The van der Waals surface area contributed by atoms with E-state index in [9.17, 15) is 4.79 Å². The van der Waals surface area contributed by atoms with Crippen molar-refractivity contribution >= 4 is 10.9 Å². The number of nitrogens with zero attached hydrogens (tertiary/aromatic N) is 5. The van der Waals surface area contributed by atoms with Gasteiger partial charge in [-0.05, 0) is 79.7 Å². The molecule has 164 valence electrons. The number of hydrogen-bond acceptors (Lipinski definition) is 6. The highest BCUT2D eigenvalue weighted by Crippen LogP contribution is 2.29. The van der Waals surface area contributed by atoms with E-state index in [2.05, 4.69) is 38.4 Å². The van der Waals surface area contributed by atoms with Crippen LogP contribution in [0.15, 0.2) is 29.1 Å². The first-order chi connectivity index (χ1) is 15.2. The first-order valence-electron chi connectivity index (χ1n) is 11.4. The van der Waals surface area contributed by atoms with Gasteiger partial charge in [-0.15, -0.1) is 5.10 Å². The fourth-order valence-electron chi connectivity index (χ4n) is 4.92. The Balaban J connectivity index is 1.60. The lowest BCUT2D eigenvalue weighted by Gasteiger charge is -2.30. The molecule has 0 spiro atoms. The minimum atomic E-state index is -0.275. The summed E-state index contributed by atoms with van der Waals surface area (Å²) in [7, 11) is 0. The molecule has 1 N–H and O–H groups in total. The Morgan fingerprint density at radius 1 is 1.16 bits per heavy atom. The summed E-state index contributed by atoms with van der Waals surface area (Å²) >= 11 is 0. The summed E-state index contributed by atoms with van der Waals surface area (Å²) in [4.78, 5) is 18.7. The third kappa shape index (κ3) is 4.27. The van der Waals surface area contributed by atoms with Crippen molar-refractivity contribution in [1.82, 2.24) is 30.1 Å². The van der Waals surface area contributed by atoms with Crippen LogP contribution in [0.4, 0.5) is 0 Å². The molecule has 0 aliphatic carbocycles. The largest absolute Gasteiger partial charge is 0.376 e. The number of hydrogen-bond donors (Lipinski definition) is 1. The Labute approximate surface area is 181 Å². The molecule has 2 saturated heterocycles. The molecule has 0 radical (unpaired) electrons. The van der Waals surface area contributed by atoms with Crippen molar-refractivity contribution in [3.8, 4) is 0 Å². The number of aryl methyl sites for hydroxylation is 1. The number of rotatable bonds is 5. The number of pyridine rings is 1. The first-order valence-corrected chi connectivity index (χ1v) is 11.4. The van der Waals surface area contributed by atoms with Gasteiger partial charge in [-0.25, -0.2) is 4.68 Å². The van der Waals surface area contributed by atoms with Crippen LogP contribution in [0, 0.1) is 6.92 Å². The quantitative estimate of drug-likeness (QED) is 0.680. The van der Waals surface area contributed by atoms with Crippen molar-refractivity contribution in [2.45, 2.75) is 64.1 Å². The molecule has 2 fully saturated rings. The maximum atomic E-state index is 13.3. The van der Waals surface area contributed by atoms with Gasteiger partial charge >= 0.3 is 0 Å². The lowest BCUT2D eigenvalue weighted by Crippen LogP contribution is -2.36. The van der Waals surface area contributed by atoms with Crippen LogP contribution < -0.4 is 5.56 Å². The minimum absolute atomic E-state index is 0.0720. The highest BCUT2D eigenvalue weighted by atomic mass is 16.5. The molecule has 2 aliphatic heterocycles. The zero-order chi connectivity index (χ0) is 21.2. The van der Waals surface area contributed by atoms with Gasteiger partial charge in [-0.1, -0.05) is 24.5 Å². The fraction of sp³-hybridized carbons (Fsp3) is 0.565. The third-order valence-electron chi connectivity index (χ3n) is 6.53. The van der Waals surface area contributed by atoms with Gasteiger partial charge in [0.25, 0.3) is 5.56 Å². The summed E-state index contributed by atoms with van der Waals surface area (Å²) in [6.07, 6.45) is 6.90. The molecule has 2 unspecified atom stereocenters. The Morgan fingerprint density at radius 3 is 2.77 bits per heavy atom. The van der Waals surface area contributed by atoms with Crippen LogP contribution in [0.2, 0.25) is 0 Å². The van der Waals surface area contributed by atoms with E-state index in [-0.39, 0.29) is 17.7 Å². The van der Waals surface area contributed by atoms with Gasteiger partial charge < -0.3 is 9.72 Å². The second-order valence-corrected chi connectivity index (χ2v) is 8.85. The second kappa shape index (κ2) is 8.88. The van der Waals surface area contributed by atoms with Gasteiger partial charge in [-0.2, -0.15) is 0 Å². The molecule has 3 aromatic rings. The number of fused-ring (bicyclic) bond motifs is 1. The number of aromatic nitrogens is 5. The fourth-order valence-corrected chi connectivity index (χ4v) is 4.92. The number of ether oxygens (including phenoxy) is 1. The number of tetrazole rings is 1. The van der Waals surface area contributed by atoms with Gasteiger partial charge in [0.1, 0.15) is 6.04 Å². The smallest absolute Gasteiger partial charge is 0.253 e. The van der Waals surface area contributed by atoms with E-state index in [0.29, 0.717) is 12.1 Å². The van der Waals surface area contributed by atoms with Crippen LogP contribution in [-0.4, -0.2) is 55.9 Å². The van der Waals surface area contributed by atoms with Gasteiger partial charge in [-0.3, -0.25) is 9.69 Å². The molecule has 5 rings (SSSR count). The second-order valence-electron chi connectivity index (χ2n) is 8.85. The third-order valence-corrected chi connectivity index (χ3v) is 6.53. The summed E-state index contributed by atoms with van der Waals surface area (Å²) < 4.78 is 7.68. The lowest BCUT2D eigenvalue weighted by atomic mass is 10.0. The monoisotopic (exact) mass is 422 g/mol. The summed E-state index contributed by atoms with van der Waals surface area (Å²) in [6.45, 7) is 5.35. The van der Waals surface area contributed by atoms with Gasteiger partial charge in [0.2, 0.25) is 0 Å². The van der Waals surface area contributed by atoms with Crippen molar-refractivity contribution in [3.63, 3.8) is 0 Å². The van der Waals surface area contributed by atoms with Crippen LogP contribution in [-0.2, 0) is 11.3 Å². The molecule has 1 aromatic carbocycles. The standard InChI is InChI=1S/C23H30N6O2/c1-16-8-9-20-17(13-16)14-19(23(30)24-20)21(28-10-4-2-3-5-11-28)22-25-26-27-29(22)15-18-7-6-12-31-18/h8-9,13-14,18,21H,2-7,10-12,15H2,1H3,(H,24,30). The van der Waals surface area contributed by atoms with Gasteiger partial charge in [0.15, 0.2) is 5.82 Å². The highest BCUT2D eigenvalue weighted by Gasteiger charge is 2.31. The molecule has 2 atom stereocenters. The molecule has 31 heavy (non-hydrogen) atoms. The number of H-pyrrole nitrogens is 1. The van der Waals surface area contributed by atoms with Crippen LogP contribution in [0.5, 0.6) is 0 Å². The summed E-state index contributed by atoms with van der Waals surface area (Å²) in [5.41, 5.74) is 2.66. The number of nitrogens with one attached hydrogen (secondary N) is 1. The summed E-state index contributed by atoms with van der Waals surface area (Å²) in [5, 5.41) is 13.8. The van der Waals surface area contributed by atoms with E-state index in [1.807, 2.05) is 22.9 Å². The molecular formula is C23H30N6O2. The molecule has 0 saturated carbocycles. The van der Waals surface area contributed by atoms with E-state index in [1.165, 1.54) is 18.4 Å². The van der Waals surface area contributed by atoms with E-state index in [4.69, 9.17) is 4.74 Å². The number of likely N-dealkylation sites (tertiary alicyclic amines) is 1. The summed E-state index contributed by atoms with van der Waals surface area (Å²) in [5.74, 6) is 0.731. The van der Waals surface area contributed by atoms with Crippen molar-refractivity contribution in [2.24, 2.45) is 0 Å². The van der Waals surface area contributed by atoms with E-state index < -0.39 is 0 Å². The average Bonchev–Trinajstić information content (AvgIpc) is 3.36. The van der Waals surface area contributed by atoms with Crippen LogP contribution in [0.25, 0.3) is 10.9 Å². The minimum Gasteiger partial charge on any atom is -0.376 e. The zero-order valence-corrected chi connectivity index (χ0v) is 18.1. The molecule has 0 bridgehead atoms. The Hall–Kier alpha value is -2.58. The lowest BCUT2D eigenvalue weighted by molar-refractivity contribution is 0.0909. The van der Waals surface area contributed by atoms with Gasteiger partial charge in [0.05, 0.1) is 12.6 Å². The highest BCUT2D eigenvalue weighted by molar-refractivity contribution is 5.79. The van der Waals surface area contributed by atoms with E-state index in [1.54, 1.807) is 0 Å². The Kier molecular flexibility index (Phi) is 5.82. The van der Waals surface area contributed by atoms with Crippen LogP contribution in [0.1, 0.15) is 61.5 Å². The zero-order valence-electron chi connectivity index (χ0n) is 18.1. The SMILES string of the molecule is Cc1ccc2[nH]c(=O)c(C(c3nnnn3CC3CCCO3)N3CCCCCC3)cc2c1. The summed E-state index contributed by atoms with van der Waals surface area (Å²) in [6, 6.07) is 7.86. The number of aromatic amines is 1. The molecule has 2 aromatic heterocycles. The molecule has 8 nitrogen and oxygen atoms in total. The molecule has 4 heterocycles. The van der Waals surface area contributed by atoms with Gasteiger partial charge in [0, 0.05) is 17.7 Å². The van der Waals surface area contributed by atoms with Crippen molar-refractivity contribution in [1.29, 1.82) is 0 Å². The normalized spacial score (nSPS) is 21.4. The van der Waals surface area contributed by atoms with E-state index >= 15 is 0 Å².